The predicted molar refractivity (Wildman–Crippen MR) is 215 cm³/mol. The fraction of sp³-hybridized carbons (Fsp3) is 0.857. The summed E-state index contributed by atoms with van der Waals surface area (Å²) in [5.41, 5.74) is 0. The van der Waals surface area contributed by atoms with Crippen molar-refractivity contribution in [3.05, 3.63) is 0 Å². The molecule has 0 unspecified atom stereocenters. The van der Waals surface area contributed by atoms with Crippen LogP contribution in [0.1, 0.15) is 83.1 Å². The summed E-state index contributed by atoms with van der Waals surface area (Å²) in [5, 5.41) is 0. The van der Waals surface area contributed by atoms with Crippen LogP contribution in [0.3, 0.4) is 0 Å². The summed E-state index contributed by atoms with van der Waals surface area (Å²) in [5.74, 6) is 4.31. The smallest absolute Gasteiger partial charge is 0.136 e. The van der Waals surface area contributed by atoms with Crippen molar-refractivity contribution in [2.45, 2.75) is 83.1 Å². The number of hydrogen-bond donors (Lipinski definition) is 0. The van der Waals surface area contributed by atoms with Crippen LogP contribution in [0.5, 0.6) is 0 Å². The fourth-order valence-corrected chi connectivity index (χ4v) is 7.98. The van der Waals surface area contributed by atoms with E-state index in [9.17, 15) is 0 Å². The van der Waals surface area contributed by atoms with Gasteiger partial charge in [0, 0.05) is 52.4 Å². The van der Waals surface area contributed by atoms with Gasteiger partial charge >= 0.3 is 0 Å². The highest BCUT2D eigenvalue weighted by Gasteiger charge is 2.04. The third kappa shape index (κ3) is 27.8. The Morgan fingerprint density at radius 3 is 0.525 bits per heavy atom. The molecule has 0 aliphatic rings. The summed E-state index contributed by atoms with van der Waals surface area (Å²) in [6, 6.07) is 0. The first-order chi connectivity index (χ1) is 19.0. The molecule has 0 amide bonds. The van der Waals surface area contributed by atoms with E-state index in [0.29, 0.717) is 0 Å². The van der Waals surface area contributed by atoms with E-state index in [1.807, 2.05) is 0 Å². The van der Waals surface area contributed by atoms with Gasteiger partial charge in [0.05, 0.1) is 0 Å². The maximum Gasteiger partial charge on any atom is 0.136 e. The van der Waals surface area contributed by atoms with Crippen molar-refractivity contribution in [3.8, 4) is 0 Å². The molecule has 0 saturated carbocycles. The Morgan fingerprint density at radius 1 is 0.325 bits per heavy atom. The van der Waals surface area contributed by atoms with E-state index in [4.69, 9.17) is 48.9 Å². The van der Waals surface area contributed by atoms with Crippen molar-refractivity contribution in [2.75, 3.05) is 75.4 Å². The highest BCUT2D eigenvalue weighted by atomic mass is 32.2. The third-order valence-electron chi connectivity index (χ3n) is 5.16. The summed E-state index contributed by atoms with van der Waals surface area (Å²) in [6.45, 7) is 33.8. The largest absolute Gasteiger partial charge is 0.358 e. The standard InChI is InChI=1S/4C7H15NS2/c4*1-4-8(5-2)7(9)10-6-3/h4*4-6H2,1-3H3. The zero-order valence-electron chi connectivity index (χ0n) is 27.5. The number of thioether (sulfide) groups is 4. The molecular weight excluding hydrogens is 649 g/mol. The Balaban J connectivity index is -0.000000216. The second-order valence-corrected chi connectivity index (χ2v) is 15.1. The molecule has 0 heterocycles. The van der Waals surface area contributed by atoms with Gasteiger partial charge in [0.25, 0.3) is 0 Å². The average molecular weight is 709 g/mol. The Morgan fingerprint density at radius 2 is 0.450 bits per heavy atom. The van der Waals surface area contributed by atoms with Crippen LogP contribution in [0.4, 0.5) is 0 Å². The van der Waals surface area contributed by atoms with Crippen LogP contribution < -0.4 is 0 Å². The maximum absolute atomic E-state index is 5.16. The van der Waals surface area contributed by atoms with Gasteiger partial charge in [0.2, 0.25) is 0 Å². The molecule has 40 heavy (non-hydrogen) atoms. The van der Waals surface area contributed by atoms with E-state index in [1.54, 1.807) is 47.0 Å². The van der Waals surface area contributed by atoms with Crippen molar-refractivity contribution in [1.82, 2.24) is 19.6 Å². The van der Waals surface area contributed by atoms with Crippen molar-refractivity contribution >= 4 is 113 Å². The monoisotopic (exact) mass is 708 g/mol. The van der Waals surface area contributed by atoms with E-state index < -0.39 is 0 Å². The third-order valence-corrected chi connectivity index (χ3v) is 10.8. The minimum absolute atomic E-state index is 1.03. The number of nitrogens with zero attached hydrogens (tertiary/aromatic N) is 4. The highest BCUT2D eigenvalue weighted by Crippen LogP contribution is 2.09. The molecule has 0 aromatic rings. The normalized spacial score (nSPS) is 9.50. The van der Waals surface area contributed by atoms with E-state index in [-0.39, 0.29) is 0 Å². The summed E-state index contributed by atoms with van der Waals surface area (Å²) >= 11 is 27.6. The van der Waals surface area contributed by atoms with Crippen LogP contribution in [0, 0.1) is 0 Å². The van der Waals surface area contributed by atoms with Crippen LogP contribution in [-0.4, -0.2) is 112 Å². The molecule has 12 heteroatoms. The van der Waals surface area contributed by atoms with Gasteiger partial charge < -0.3 is 19.6 Å². The summed E-state index contributed by atoms with van der Waals surface area (Å²) in [4.78, 5) is 8.79. The fourth-order valence-electron chi connectivity index (χ4n) is 2.79. The first-order valence-electron chi connectivity index (χ1n) is 14.7. The molecule has 0 saturated heterocycles. The number of hydrogen-bond acceptors (Lipinski definition) is 8. The van der Waals surface area contributed by atoms with Crippen molar-refractivity contribution in [3.63, 3.8) is 0 Å². The van der Waals surface area contributed by atoms with E-state index in [0.717, 1.165) is 92.7 Å². The van der Waals surface area contributed by atoms with Crippen LogP contribution in [-0.2, 0) is 0 Å². The van der Waals surface area contributed by atoms with Crippen molar-refractivity contribution in [1.29, 1.82) is 0 Å². The molecule has 0 atom stereocenters. The van der Waals surface area contributed by atoms with Gasteiger partial charge in [-0.3, -0.25) is 0 Å². The summed E-state index contributed by atoms with van der Waals surface area (Å²) in [6.07, 6.45) is 0. The second-order valence-electron chi connectivity index (χ2n) is 7.48. The van der Waals surface area contributed by atoms with Crippen molar-refractivity contribution in [2.24, 2.45) is 0 Å². The van der Waals surface area contributed by atoms with Crippen LogP contribution >= 0.6 is 95.9 Å². The zero-order chi connectivity index (χ0) is 31.9. The minimum Gasteiger partial charge on any atom is -0.358 e. The molecule has 0 rings (SSSR count). The zero-order valence-corrected chi connectivity index (χ0v) is 34.1. The Bertz CT molecular complexity index is 503. The van der Waals surface area contributed by atoms with Crippen LogP contribution in [0.2, 0.25) is 0 Å². The topological polar surface area (TPSA) is 13.0 Å². The minimum atomic E-state index is 1.03. The van der Waals surface area contributed by atoms with Gasteiger partial charge in [-0.05, 0) is 78.4 Å². The summed E-state index contributed by atoms with van der Waals surface area (Å²) < 4.78 is 4.14. The molecule has 0 fully saturated rings. The molecule has 0 radical (unpaired) electrons. The molecule has 0 aromatic heterocycles. The predicted octanol–water partition coefficient (Wildman–Crippen LogP) is 9.46. The SMILES string of the molecule is CCSC(=S)N(CC)CC.CCSC(=S)N(CC)CC.CCSC(=S)N(CC)CC.CCSC(=S)N(CC)CC. The van der Waals surface area contributed by atoms with Gasteiger partial charge in [0.15, 0.2) is 0 Å². The van der Waals surface area contributed by atoms with Crippen LogP contribution in [0.25, 0.3) is 0 Å². The van der Waals surface area contributed by atoms with Crippen LogP contribution in [0.15, 0.2) is 0 Å². The molecule has 0 spiro atoms. The van der Waals surface area contributed by atoms with Gasteiger partial charge in [-0.1, -0.05) is 124 Å². The lowest BCUT2D eigenvalue weighted by atomic mass is 10.6. The van der Waals surface area contributed by atoms with Crippen molar-refractivity contribution < 1.29 is 0 Å². The molecule has 0 aliphatic carbocycles. The lowest BCUT2D eigenvalue weighted by Gasteiger charge is -2.20. The Labute approximate surface area is 289 Å². The molecule has 4 nitrogen and oxygen atoms in total. The maximum atomic E-state index is 5.16. The first-order valence-corrected chi connectivity index (χ1v) is 20.3. The lowest BCUT2D eigenvalue weighted by molar-refractivity contribution is 0.482. The molecular formula is C28H60N4S8. The number of thiocarbonyl (C=S) groups is 4. The van der Waals surface area contributed by atoms with Gasteiger partial charge in [-0.15, -0.1) is 0 Å². The van der Waals surface area contributed by atoms with E-state index in [2.05, 4.69) is 103 Å². The molecule has 240 valence electrons. The highest BCUT2D eigenvalue weighted by molar-refractivity contribution is 8.23. The molecule has 0 aliphatic heterocycles. The quantitative estimate of drug-likeness (QED) is 0.179. The first kappa shape index (κ1) is 47.9. The number of rotatable bonds is 12. The Hall–Kier alpha value is 0.960. The molecule has 0 bridgehead atoms. The molecule has 0 aromatic carbocycles. The van der Waals surface area contributed by atoms with E-state index in [1.165, 1.54) is 0 Å². The second kappa shape index (κ2) is 36.2. The van der Waals surface area contributed by atoms with Gasteiger partial charge in [-0.25, -0.2) is 0 Å². The lowest BCUT2D eigenvalue weighted by Crippen LogP contribution is -2.26. The van der Waals surface area contributed by atoms with Gasteiger partial charge in [0.1, 0.15) is 17.3 Å². The van der Waals surface area contributed by atoms with Gasteiger partial charge in [-0.2, -0.15) is 0 Å². The van der Waals surface area contributed by atoms with E-state index >= 15 is 0 Å². The molecule has 0 N–H and O–H groups in total. The summed E-state index contributed by atoms with van der Waals surface area (Å²) in [7, 11) is 0. The average Bonchev–Trinajstić information content (AvgIpc) is 2.93. The Kier molecular flexibility index (Phi) is 43.3.